The van der Waals surface area contributed by atoms with Gasteiger partial charge < -0.3 is 4.74 Å². The van der Waals surface area contributed by atoms with Crippen LogP contribution in [-0.4, -0.2) is 33.5 Å². The number of benzene rings is 1. The average molecular weight is 359 g/mol. The first-order valence-corrected chi connectivity index (χ1v) is 7.79. The second-order valence-electron chi connectivity index (χ2n) is 5.77. The predicted octanol–water partition coefficient (Wildman–Crippen LogP) is 3.32. The van der Waals surface area contributed by atoms with Crippen molar-refractivity contribution in [2.45, 2.75) is 18.9 Å². The van der Waals surface area contributed by atoms with Gasteiger partial charge in [-0.25, -0.2) is 19.7 Å². The van der Waals surface area contributed by atoms with E-state index < -0.39 is 29.8 Å². The normalized spacial score (nSPS) is 17.6. The minimum Gasteiger partial charge on any atom is -0.446 e. The maximum atomic E-state index is 13.1. The van der Waals surface area contributed by atoms with Gasteiger partial charge in [-0.3, -0.25) is 4.79 Å². The molecule has 1 fully saturated rings. The van der Waals surface area contributed by atoms with Crippen LogP contribution >= 0.6 is 0 Å². The summed E-state index contributed by atoms with van der Waals surface area (Å²) in [6, 6.07) is 8.52. The second kappa shape index (κ2) is 6.99. The van der Waals surface area contributed by atoms with E-state index in [-0.39, 0.29) is 6.61 Å². The van der Waals surface area contributed by atoms with Gasteiger partial charge in [0, 0.05) is 31.0 Å². The number of halogens is 2. The molecule has 134 valence electrons. The van der Waals surface area contributed by atoms with Crippen LogP contribution in [0, 0.1) is 0 Å². The lowest BCUT2D eigenvalue weighted by Crippen LogP contribution is -2.32. The van der Waals surface area contributed by atoms with Crippen LogP contribution in [0.5, 0.6) is 0 Å². The van der Waals surface area contributed by atoms with Crippen LogP contribution in [-0.2, 0) is 15.5 Å². The van der Waals surface area contributed by atoms with Gasteiger partial charge in [0.25, 0.3) is 5.91 Å². The Morgan fingerprint density at radius 3 is 2.54 bits per heavy atom. The lowest BCUT2D eigenvalue weighted by Gasteiger charge is -2.18. The van der Waals surface area contributed by atoms with Crippen LogP contribution in [0.4, 0.5) is 13.6 Å². The highest BCUT2D eigenvalue weighted by atomic mass is 19.3. The molecule has 0 spiro atoms. The van der Waals surface area contributed by atoms with Crippen molar-refractivity contribution in [3.05, 3.63) is 65.8 Å². The van der Waals surface area contributed by atoms with Gasteiger partial charge in [-0.15, -0.1) is 0 Å². The SMILES string of the molecule is CC(F)(F)c1ncc(/C=C/C(=O)N2C(=O)OC[C@H]2c2ccccc2)cn1. The van der Waals surface area contributed by atoms with Gasteiger partial charge in [0.2, 0.25) is 0 Å². The van der Waals surface area contributed by atoms with Gasteiger partial charge in [0.15, 0.2) is 5.82 Å². The summed E-state index contributed by atoms with van der Waals surface area (Å²) < 4.78 is 31.2. The van der Waals surface area contributed by atoms with Crippen molar-refractivity contribution < 1.29 is 23.1 Å². The van der Waals surface area contributed by atoms with Gasteiger partial charge in [-0.05, 0) is 11.6 Å². The zero-order chi connectivity index (χ0) is 18.7. The topological polar surface area (TPSA) is 72.4 Å². The van der Waals surface area contributed by atoms with Crippen molar-refractivity contribution >= 4 is 18.1 Å². The molecular formula is C18H15F2N3O3. The number of rotatable bonds is 4. The summed E-state index contributed by atoms with van der Waals surface area (Å²) in [6.45, 7) is 0.774. The Morgan fingerprint density at radius 2 is 1.92 bits per heavy atom. The predicted molar refractivity (Wildman–Crippen MR) is 88.0 cm³/mol. The van der Waals surface area contributed by atoms with Crippen LogP contribution in [0.15, 0.2) is 48.8 Å². The van der Waals surface area contributed by atoms with Crippen molar-refractivity contribution in [2.24, 2.45) is 0 Å². The van der Waals surface area contributed by atoms with Crippen LogP contribution in [0.1, 0.15) is 29.9 Å². The number of cyclic esters (lactones) is 1. The molecule has 1 aromatic heterocycles. The van der Waals surface area contributed by atoms with E-state index in [4.69, 9.17) is 4.74 Å². The van der Waals surface area contributed by atoms with Crippen molar-refractivity contribution in [3.8, 4) is 0 Å². The molecular weight excluding hydrogens is 344 g/mol. The third kappa shape index (κ3) is 3.74. The largest absolute Gasteiger partial charge is 0.446 e. The standard InChI is InChI=1S/C18H15F2N3O3/c1-18(19,20)16-21-9-12(10-22-16)7-8-15(24)23-14(11-26-17(23)25)13-5-3-2-4-6-13/h2-10,14H,11H2,1H3/b8-7+/t14-/m0/s1. The van der Waals surface area contributed by atoms with E-state index in [1.807, 2.05) is 6.07 Å². The molecule has 0 N–H and O–H groups in total. The number of alkyl halides is 2. The maximum absolute atomic E-state index is 13.1. The minimum absolute atomic E-state index is 0.0752. The number of nitrogens with zero attached hydrogens (tertiary/aromatic N) is 3. The molecule has 0 saturated carbocycles. The summed E-state index contributed by atoms with van der Waals surface area (Å²) in [7, 11) is 0. The van der Waals surface area contributed by atoms with E-state index in [0.29, 0.717) is 12.5 Å². The zero-order valence-corrected chi connectivity index (χ0v) is 13.8. The van der Waals surface area contributed by atoms with E-state index in [0.717, 1.165) is 16.5 Å². The highest BCUT2D eigenvalue weighted by molar-refractivity contribution is 6.02. The average Bonchev–Trinajstić information content (AvgIpc) is 3.02. The first-order chi connectivity index (χ1) is 12.4. The zero-order valence-electron chi connectivity index (χ0n) is 13.8. The Morgan fingerprint density at radius 1 is 1.27 bits per heavy atom. The Hall–Kier alpha value is -3.16. The highest BCUT2D eigenvalue weighted by Gasteiger charge is 2.37. The molecule has 0 radical (unpaired) electrons. The molecule has 0 unspecified atom stereocenters. The number of aromatic nitrogens is 2. The molecule has 8 heteroatoms. The first-order valence-electron chi connectivity index (χ1n) is 7.79. The lowest BCUT2D eigenvalue weighted by molar-refractivity contribution is -0.124. The Bertz CT molecular complexity index is 833. The number of imide groups is 1. The number of carbonyl (C=O) groups is 2. The molecule has 3 rings (SSSR count). The quantitative estimate of drug-likeness (QED) is 0.783. The molecule has 2 amide bonds. The molecule has 0 aliphatic carbocycles. The van der Waals surface area contributed by atoms with Crippen LogP contribution in [0.3, 0.4) is 0 Å². The third-order valence-electron chi connectivity index (χ3n) is 3.78. The third-order valence-corrected chi connectivity index (χ3v) is 3.78. The van der Waals surface area contributed by atoms with Crippen molar-refractivity contribution in [1.82, 2.24) is 14.9 Å². The fourth-order valence-electron chi connectivity index (χ4n) is 2.48. The first kappa shape index (κ1) is 17.7. The van der Waals surface area contributed by atoms with E-state index in [9.17, 15) is 18.4 Å². The Balaban J connectivity index is 1.75. The Kier molecular flexibility index (Phi) is 4.75. The number of amides is 2. The fraction of sp³-hybridized carbons (Fsp3) is 0.222. The van der Waals surface area contributed by atoms with Crippen molar-refractivity contribution in [3.63, 3.8) is 0 Å². The minimum atomic E-state index is -3.14. The monoisotopic (exact) mass is 359 g/mol. The fourth-order valence-corrected chi connectivity index (χ4v) is 2.48. The second-order valence-corrected chi connectivity index (χ2v) is 5.77. The molecule has 1 aromatic carbocycles. The number of hydrogen-bond acceptors (Lipinski definition) is 5. The Labute approximate surface area is 148 Å². The molecule has 2 heterocycles. The molecule has 6 nitrogen and oxygen atoms in total. The van der Waals surface area contributed by atoms with Gasteiger partial charge in [-0.1, -0.05) is 30.3 Å². The summed E-state index contributed by atoms with van der Waals surface area (Å²) >= 11 is 0. The molecule has 26 heavy (non-hydrogen) atoms. The van der Waals surface area contributed by atoms with Crippen LogP contribution in [0.25, 0.3) is 6.08 Å². The molecule has 0 bridgehead atoms. The summed E-state index contributed by atoms with van der Waals surface area (Å²) in [5.74, 6) is -4.32. The molecule has 2 aromatic rings. The number of carbonyl (C=O) groups excluding carboxylic acids is 2. The van der Waals surface area contributed by atoms with E-state index >= 15 is 0 Å². The van der Waals surface area contributed by atoms with E-state index in [2.05, 4.69) is 9.97 Å². The van der Waals surface area contributed by atoms with Gasteiger partial charge in [0.1, 0.15) is 12.6 Å². The maximum Gasteiger partial charge on any atom is 0.417 e. The highest BCUT2D eigenvalue weighted by Crippen LogP contribution is 2.28. The molecule has 1 aliphatic heterocycles. The van der Waals surface area contributed by atoms with Gasteiger partial charge >= 0.3 is 12.0 Å². The summed E-state index contributed by atoms with van der Waals surface area (Å²) in [6.07, 6.45) is 4.14. The van der Waals surface area contributed by atoms with Crippen molar-refractivity contribution in [2.75, 3.05) is 6.61 Å². The number of hydrogen-bond donors (Lipinski definition) is 0. The van der Waals surface area contributed by atoms with E-state index in [1.165, 1.54) is 18.5 Å². The summed E-state index contributed by atoms with van der Waals surface area (Å²) in [4.78, 5) is 32.5. The van der Waals surface area contributed by atoms with Gasteiger partial charge in [-0.2, -0.15) is 8.78 Å². The summed E-state index contributed by atoms with van der Waals surface area (Å²) in [5.41, 5.74) is 1.13. The van der Waals surface area contributed by atoms with E-state index in [1.54, 1.807) is 24.3 Å². The summed E-state index contributed by atoms with van der Waals surface area (Å²) in [5, 5.41) is 0. The van der Waals surface area contributed by atoms with Crippen LogP contribution in [0.2, 0.25) is 0 Å². The smallest absolute Gasteiger partial charge is 0.417 e. The van der Waals surface area contributed by atoms with Crippen molar-refractivity contribution in [1.29, 1.82) is 0 Å². The molecule has 1 aliphatic rings. The molecule has 1 atom stereocenters. The number of ether oxygens (including phenoxy) is 1. The lowest BCUT2D eigenvalue weighted by atomic mass is 10.1. The van der Waals surface area contributed by atoms with Crippen LogP contribution < -0.4 is 0 Å². The van der Waals surface area contributed by atoms with Gasteiger partial charge in [0.05, 0.1) is 0 Å². The molecule has 1 saturated heterocycles.